The van der Waals surface area contributed by atoms with Crippen LogP contribution in [0.1, 0.15) is 5.82 Å². The van der Waals surface area contributed by atoms with E-state index in [1.54, 1.807) is 11.6 Å². The minimum absolute atomic E-state index is 0.421. The van der Waals surface area contributed by atoms with Crippen molar-refractivity contribution >= 4 is 17.4 Å². The largest absolute Gasteiger partial charge is 0.452 e. The van der Waals surface area contributed by atoms with Crippen LogP contribution < -0.4 is 4.90 Å². The third-order valence-corrected chi connectivity index (χ3v) is 3.40. The van der Waals surface area contributed by atoms with Crippen molar-refractivity contribution in [3.8, 4) is 11.3 Å². The smallest absolute Gasteiger partial charge is 0.413 e. The fourth-order valence-corrected chi connectivity index (χ4v) is 2.17. The van der Waals surface area contributed by atoms with E-state index in [4.69, 9.17) is 4.74 Å². The standard InChI is InChI=1S/C15H15N5O2/c1-10-16-17-14-8-7-13(18-20(10)14)11-5-4-6-12(9-11)19(2)15(21)22-3/h4-9H,1-3H3. The van der Waals surface area contributed by atoms with Gasteiger partial charge in [0.25, 0.3) is 0 Å². The molecule has 1 aromatic carbocycles. The molecule has 2 heterocycles. The molecule has 3 rings (SSSR count). The lowest BCUT2D eigenvalue weighted by Gasteiger charge is -2.16. The van der Waals surface area contributed by atoms with Gasteiger partial charge in [-0.05, 0) is 31.2 Å². The van der Waals surface area contributed by atoms with Crippen molar-refractivity contribution in [2.45, 2.75) is 6.92 Å². The Kier molecular flexibility index (Phi) is 3.46. The molecule has 0 N–H and O–H groups in total. The van der Waals surface area contributed by atoms with Gasteiger partial charge in [-0.1, -0.05) is 12.1 Å². The van der Waals surface area contributed by atoms with Gasteiger partial charge in [0.2, 0.25) is 0 Å². The number of benzene rings is 1. The van der Waals surface area contributed by atoms with E-state index in [-0.39, 0.29) is 0 Å². The number of rotatable bonds is 2. The van der Waals surface area contributed by atoms with Gasteiger partial charge < -0.3 is 4.74 Å². The van der Waals surface area contributed by atoms with Crippen LogP contribution in [-0.4, -0.2) is 40.1 Å². The molecule has 0 radical (unpaired) electrons. The summed E-state index contributed by atoms with van der Waals surface area (Å²) in [6.45, 7) is 1.85. The number of hydrogen-bond acceptors (Lipinski definition) is 5. The number of aryl methyl sites for hydroxylation is 1. The van der Waals surface area contributed by atoms with Crippen LogP contribution in [0.2, 0.25) is 0 Å². The minimum Gasteiger partial charge on any atom is -0.452 e. The number of amides is 1. The Labute approximate surface area is 127 Å². The van der Waals surface area contributed by atoms with Crippen LogP contribution in [0.15, 0.2) is 36.4 Å². The van der Waals surface area contributed by atoms with Crippen LogP contribution in [0, 0.1) is 6.92 Å². The Hall–Kier alpha value is -2.96. The van der Waals surface area contributed by atoms with E-state index in [1.807, 2.05) is 43.3 Å². The average molecular weight is 297 g/mol. The molecule has 3 aromatic rings. The summed E-state index contributed by atoms with van der Waals surface area (Å²) in [6, 6.07) is 11.3. The summed E-state index contributed by atoms with van der Waals surface area (Å²) in [5.74, 6) is 0.722. The van der Waals surface area contributed by atoms with E-state index in [0.717, 1.165) is 22.8 Å². The molecule has 7 heteroatoms. The molecule has 2 aromatic heterocycles. The second-order valence-corrected chi connectivity index (χ2v) is 4.82. The van der Waals surface area contributed by atoms with Gasteiger partial charge in [0.15, 0.2) is 11.5 Å². The van der Waals surface area contributed by atoms with Crippen molar-refractivity contribution in [2.24, 2.45) is 0 Å². The lowest BCUT2D eigenvalue weighted by molar-refractivity contribution is 0.180. The Morgan fingerprint density at radius 2 is 2.05 bits per heavy atom. The Balaban J connectivity index is 2.03. The fraction of sp³-hybridized carbons (Fsp3) is 0.200. The Bertz CT molecular complexity index is 843. The van der Waals surface area contributed by atoms with Gasteiger partial charge in [0.1, 0.15) is 0 Å². The number of ether oxygens (including phenoxy) is 1. The van der Waals surface area contributed by atoms with Crippen LogP contribution >= 0.6 is 0 Å². The first-order valence-corrected chi connectivity index (χ1v) is 6.71. The highest BCUT2D eigenvalue weighted by atomic mass is 16.5. The van der Waals surface area contributed by atoms with Crippen molar-refractivity contribution < 1.29 is 9.53 Å². The predicted molar refractivity (Wildman–Crippen MR) is 81.8 cm³/mol. The number of carbonyl (C=O) groups is 1. The highest BCUT2D eigenvalue weighted by Gasteiger charge is 2.12. The monoisotopic (exact) mass is 297 g/mol. The number of fused-ring (bicyclic) bond motifs is 1. The van der Waals surface area contributed by atoms with E-state index in [2.05, 4.69) is 15.3 Å². The van der Waals surface area contributed by atoms with E-state index >= 15 is 0 Å². The third-order valence-electron chi connectivity index (χ3n) is 3.40. The SMILES string of the molecule is COC(=O)N(C)c1cccc(-c2ccc3nnc(C)n3n2)c1. The molecule has 112 valence electrons. The molecule has 0 aliphatic heterocycles. The molecule has 7 nitrogen and oxygen atoms in total. The molecule has 0 spiro atoms. The molecule has 0 aliphatic carbocycles. The zero-order chi connectivity index (χ0) is 15.7. The molecular formula is C15H15N5O2. The molecule has 0 unspecified atom stereocenters. The first-order valence-electron chi connectivity index (χ1n) is 6.71. The van der Waals surface area contributed by atoms with Crippen LogP contribution in [0.3, 0.4) is 0 Å². The maximum atomic E-state index is 11.6. The molecule has 0 atom stereocenters. The average Bonchev–Trinajstić information content (AvgIpc) is 2.94. The van der Waals surface area contributed by atoms with Gasteiger partial charge >= 0.3 is 6.09 Å². The van der Waals surface area contributed by atoms with Crippen molar-refractivity contribution in [3.63, 3.8) is 0 Å². The summed E-state index contributed by atoms with van der Waals surface area (Å²) in [5.41, 5.74) is 3.09. The molecule has 0 bridgehead atoms. The zero-order valence-corrected chi connectivity index (χ0v) is 12.5. The summed E-state index contributed by atoms with van der Waals surface area (Å²) >= 11 is 0. The first-order chi connectivity index (χ1) is 10.6. The number of carbonyl (C=O) groups excluding carboxylic acids is 1. The first kappa shape index (κ1) is 14.0. The number of aromatic nitrogens is 4. The summed E-state index contributed by atoms with van der Waals surface area (Å²) in [7, 11) is 3.01. The van der Waals surface area contributed by atoms with Gasteiger partial charge in [0, 0.05) is 18.3 Å². The van der Waals surface area contributed by atoms with Gasteiger partial charge in [0.05, 0.1) is 12.8 Å². The van der Waals surface area contributed by atoms with Crippen molar-refractivity contribution in [3.05, 3.63) is 42.2 Å². The molecule has 0 aliphatic rings. The lowest BCUT2D eigenvalue weighted by Crippen LogP contribution is -2.25. The van der Waals surface area contributed by atoms with Crippen LogP contribution in [-0.2, 0) is 4.74 Å². The number of hydrogen-bond donors (Lipinski definition) is 0. The molecule has 22 heavy (non-hydrogen) atoms. The lowest BCUT2D eigenvalue weighted by atomic mass is 10.1. The normalized spacial score (nSPS) is 10.7. The molecular weight excluding hydrogens is 282 g/mol. The fourth-order valence-electron chi connectivity index (χ4n) is 2.17. The third kappa shape index (κ3) is 2.37. The van der Waals surface area contributed by atoms with Gasteiger partial charge in [-0.25, -0.2) is 4.79 Å². The Morgan fingerprint density at radius 3 is 2.82 bits per heavy atom. The number of anilines is 1. The molecule has 0 saturated carbocycles. The summed E-state index contributed by atoms with van der Waals surface area (Å²) in [4.78, 5) is 13.0. The molecule has 1 amide bonds. The van der Waals surface area contributed by atoms with Gasteiger partial charge in [-0.2, -0.15) is 9.61 Å². The second-order valence-electron chi connectivity index (χ2n) is 4.82. The number of nitrogens with zero attached hydrogens (tertiary/aromatic N) is 5. The molecule has 0 fully saturated rings. The maximum Gasteiger partial charge on any atom is 0.413 e. The van der Waals surface area contributed by atoms with Crippen LogP contribution in [0.25, 0.3) is 16.9 Å². The van der Waals surface area contributed by atoms with Gasteiger partial charge in [-0.15, -0.1) is 10.2 Å². The van der Waals surface area contributed by atoms with Crippen molar-refractivity contribution in [1.29, 1.82) is 0 Å². The number of methoxy groups -OCH3 is 1. The van der Waals surface area contributed by atoms with Crippen molar-refractivity contribution in [1.82, 2.24) is 19.8 Å². The topological polar surface area (TPSA) is 72.6 Å². The highest BCUT2D eigenvalue weighted by Crippen LogP contribution is 2.23. The zero-order valence-electron chi connectivity index (χ0n) is 12.5. The van der Waals surface area contributed by atoms with E-state index < -0.39 is 6.09 Å². The van der Waals surface area contributed by atoms with Crippen molar-refractivity contribution in [2.75, 3.05) is 19.1 Å². The summed E-state index contributed by atoms with van der Waals surface area (Å²) in [6.07, 6.45) is -0.421. The minimum atomic E-state index is -0.421. The maximum absolute atomic E-state index is 11.6. The highest BCUT2D eigenvalue weighted by molar-refractivity contribution is 5.87. The van der Waals surface area contributed by atoms with E-state index in [0.29, 0.717) is 5.65 Å². The van der Waals surface area contributed by atoms with Gasteiger partial charge in [-0.3, -0.25) is 4.90 Å². The van der Waals surface area contributed by atoms with Crippen LogP contribution in [0.4, 0.5) is 10.5 Å². The molecule has 0 saturated heterocycles. The summed E-state index contributed by atoms with van der Waals surface area (Å²) in [5, 5.41) is 12.5. The predicted octanol–water partition coefficient (Wildman–Crippen LogP) is 2.30. The van der Waals surface area contributed by atoms with E-state index in [9.17, 15) is 4.79 Å². The quantitative estimate of drug-likeness (QED) is 0.725. The Morgan fingerprint density at radius 1 is 1.23 bits per heavy atom. The summed E-state index contributed by atoms with van der Waals surface area (Å²) < 4.78 is 6.41. The second kappa shape index (κ2) is 5.44. The van der Waals surface area contributed by atoms with Crippen LogP contribution in [0.5, 0.6) is 0 Å². The van der Waals surface area contributed by atoms with E-state index in [1.165, 1.54) is 12.0 Å².